The maximum Gasteiger partial charge on any atom is 0.287 e. The van der Waals surface area contributed by atoms with E-state index in [0.29, 0.717) is 18.8 Å². The quantitative estimate of drug-likeness (QED) is 0.687. The second kappa shape index (κ2) is 5.76. The third-order valence-corrected chi connectivity index (χ3v) is 3.72. The van der Waals surface area contributed by atoms with E-state index in [2.05, 4.69) is 5.32 Å². The summed E-state index contributed by atoms with van der Waals surface area (Å²) in [4.78, 5) is 22.3. The van der Waals surface area contributed by atoms with Crippen LogP contribution in [-0.4, -0.2) is 29.6 Å². The Labute approximate surface area is 121 Å². The molecule has 1 aliphatic rings. The monoisotopic (exact) mass is 298 g/mol. The maximum atomic E-state index is 12.2. The van der Waals surface area contributed by atoms with Crippen LogP contribution in [0.15, 0.2) is 18.2 Å². The Hall–Kier alpha value is -1.66. The molecule has 1 heterocycles. The van der Waals surface area contributed by atoms with Gasteiger partial charge in [0, 0.05) is 30.4 Å². The molecule has 1 amide bonds. The minimum atomic E-state index is -0.580. The number of benzene rings is 1. The zero-order valence-electron chi connectivity index (χ0n) is 11.0. The van der Waals surface area contributed by atoms with Gasteiger partial charge < -0.3 is 10.1 Å². The number of amides is 1. The van der Waals surface area contributed by atoms with Gasteiger partial charge in [-0.2, -0.15) is 0 Å². The van der Waals surface area contributed by atoms with E-state index in [4.69, 9.17) is 16.3 Å². The summed E-state index contributed by atoms with van der Waals surface area (Å²) < 4.78 is 5.27. The van der Waals surface area contributed by atoms with Crippen molar-refractivity contribution in [3.05, 3.63) is 38.9 Å². The van der Waals surface area contributed by atoms with Gasteiger partial charge in [0.15, 0.2) is 0 Å². The van der Waals surface area contributed by atoms with Crippen molar-refractivity contribution in [2.45, 2.75) is 25.3 Å². The maximum absolute atomic E-state index is 12.2. The summed E-state index contributed by atoms with van der Waals surface area (Å²) in [6.07, 6.45) is 1.47. The van der Waals surface area contributed by atoms with E-state index in [-0.39, 0.29) is 22.2 Å². The van der Waals surface area contributed by atoms with Crippen LogP contribution in [0.1, 0.15) is 30.1 Å². The molecule has 108 valence electrons. The van der Waals surface area contributed by atoms with Crippen molar-refractivity contribution in [3.8, 4) is 0 Å². The predicted octanol–water partition coefficient (Wildman–Crippen LogP) is 2.55. The average Bonchev–Trinajstić information content (AvgIpc) is 2.38. The molecular weight excluding hydrogens is 284 g/mol. The lowest BCUT2D eigenvalue weighted by molar-refractivity contribution is -0.384. The van der Waals surface area contributed by atoms with E-state index in [0.717, 1.165) is 12.8 Å². The first-order valence-corrected chi connectivity index (χ1v) is 6.63. The number of nitro groups is 1. The minimum absolute atomic E-state index is 0.0419. The van der Waals surface area contributed by atoms with Gasteiger partial charge in [-0.05, 0) is 31.9 Å². The van der Waals surface area contributed by atoms with Crippen LogP contribution in [0.2, 0.25) is 5.02 Å². The van der Waals surface area contributed by atoms with Crippen molar-refractivity contribution in [3.63, 3.8) is 0 Å². The zero-order chi connectivity index (χ0) is 14.8. The lowest BCUT2D eigenvalue weighted by Crippen LogP contribution is -2.49. The second-order valence-electron chi connectivity index (χ2n) is 5.05. The van der Waals surface area contributed by atoms with Crippen molar-refractivity contribution in [1.29, 1.82) is 0 Å². The third kappa shape index (κ3) is 3.26. The van der Waals surface area contributed by atoms with E-state index >= 15 is 0 Å². The summed E-state index contributed by atoms with van der Waals surface area (Å²) in [5.74, 6) is -0.286. The molecule has 0 atom stereocenters. The van der Waals surface area contributed by atoms with Crippen molar-refractivity contribution in [2.24, 2.45) is 0 Å². The van der Waals surface area contributed by atoms with Gasteiger partial charge in [-0.1, -0.05) is 11.6 Å². The molecule has 0 radical (unpaired) electrons. The Bertz CT molecular complexity index is 541. The molecule has 1 N–H and O–H groups in total. The second-order valence-corrected chi connectivity index (χ2v) is 5.46. The van der Waals surface area contributed by atoms with Crippen molar-refractivity contribution < 1.29 is 14.5 Å². The number of nitrogens with zero attached hydrogens (tertiary/aromatic N) is 1. The molecule has 1 aromatic carbocycles. The Kier molecular flexibility index (Phi) is 4.25. The van der Waals surface area contributed by atoms with E-state index < -0.39 is 4.92 Å². The summed E-state index contributed by atoms with van der Waals surface area (Å²) in [7, 11) is 0. The van der Waals surface area contributed by atoms with Crippen LogP contribution >= 0.6 is 11.6 Å². The normalized spacial score (nSPS) is 17.5. The minimum Gasteiger partial charge on any atom is -0.381 e. The van der Waals surface area contributed by atoms with Gasteiger partial charge in [-0.25, -0.2) is 0 Å². The van der Waals surface area contributed by atoms with Gasteiger partial charge in [-0.3, -0.25) is 14.9 Å². The molecular formula is C13H15ClN2O4. The van der Waals surface area contributed by atoms with Gasteiger partial charge in [-0.15, -0.1) is 0 Å². The first-order chi connectivity index (χ1) is 9.41. The van der Waals surface area contributed by atoms with Gasteiger partial charge in [0.2, 0.25) is 0 Å². The predicted molar refractivity (Wildman–Crippen MR) is 74.0 cm³/mol. The number of ether oxygens (including phenoxy) is 1. The van der Waals surface area contributed by atoms with Crippen LogP contribution in [0.25, 0.3) is 0 Å². The Morgan fingerprint density at radius 1 is 1.45 bits per heavy atom. The molecule has 1 aliphatic heterocycles. The molecule has 20 heavy (non-hydrogen) atoms. The van der Waals surface area contributed by atoms with Gasteiger partial charge in [0.05, 0.1) is 4.92 Å². The largest absolute Gasteiger partial charge is 0.381 e. The number of hydrogen-bond donors (Lipinski definition) is 1. The van der Waals surface area contributed by atoms with Crippen LogP contribution in [0, 0.1) is 10.1 Å². The van der Waals surface area contributed by atoms with Crippen molar-refractivity contribution in [1.82, 2.24) is 5.32 Å². The first-order valence-electron chi connectivity index (χ1n) is 6.25. The highest BCUT2D eigenvalue weighted by atomic mass is 35.5. The van der Waals surface area contributed by atoms with Crippen LogP contribution in [0.4, 0.5) is 5.69 Å². The SMILES string of the molecule is CC1(NC(=O)c2ccc([N+](=O)[O-])c(Cl)c2)CCOCC1. The molecule has 1 fully saturated rings. The molecule has 1 aromatic rings. The highest BCUT2D eigenvalue weighted by Gasteiger charge is 2.29. The fraction of sp³-hybridized carbons (Fsp3) is 0.462. The van der Waals surface area contributed by atoms with E-state index in [1.807, 2.05) is 6.92 Å². The van der Waals surface area contributed by atoms with Crippen LogP contribution in [-0.2, 0) is 4.74 Å². The van der Waals surface area contributed by atoms with Gasteiger partial charge in [0.25, 0.3) is 11.6 Å². The Balaban J connectivity index is 2.13. The number of nitro benzene ring substituents is 1. The lowest BCUT2D eigenvalue weighted by atomic mass is 9.92. The Morgan fingerprint density at radius 3 is 2.65 bits per heavy atom. The fourth-order valence-corrected chi connectivity index (χ4v) is 2.34. The number of carbonyl (C=O) groups excluding carboxylic acids is 1. The highest BCUT2D eigenvalue weighted by molar-refractivity contribution is 6.33. The van der Waals surface area contributed by atoms with E-state index in [1.54, 1.807) is 0 Å². The smallest absolute Gasteiger partial charge is 0.287 e. The number of halogens is 1. The molecule has 0 aliphatic carbocycles. The summed E-state index contributed by atoms with van der Waals surface area (Å²) in [5.41, 5.74) is -0.211. The molecule has 0 bridgehead atoms. The highest BCUT2D eigenvalue weighted by Crippen LogP contribution is 2.26. The molecule has 6 nitrogen and oxygen atoms in total. The summed E-state index contributed by atoms with van der Waals surface area (Å²) in [6.45, 7) is 3.18. The molecule has 7 heteroatoms. The van der Waals surface area contributed by atoms with Crippen molar-refractivity contribution >= 4 is 23.2 Å². The molecule has 1 saturated heterocycles. The number of carbonyl (C=O) groups is 1. The topological polar surface area (TPSA) is 81.5 Å². The van der Waals surface area contributed by atoms with Gasteiger partial charge >= 0.3 is 0 Å². The van der Waals surface area contributed by atoms with E-state index in [9.17, 15) is 14.9 Å². The third-order valence-electron chi connectivity index (χ3n) is 3.42. The summed E-state index contributed by atoms with van der Waals surface area (Å²) in [6, 6.07) is 3.96. The van der Waals surface area contributed by atoms with E-state index in [1.165, 1.54) is 18.2 Å². The van der Waals surface area contributed by atoms with Crippen molar-refractivity contribution in [2.75, 3.05) is 13.2 Å². The molecule has 0 saturated carbocycles. The average molecular weight is 299 g/mol. The number of hydrogen-bond acceptors (Lipinski definition) is 4. The molecule has 2 rings (SSSR count). The first kappa shape index (κ1) is 14.7. The standard InChI is InChI=1S/C13H15ClN2O4/c1-13(4-6-20-7-5-13)15-12(17)9-2-3-11(16(18)19)10(14)8-9/h2-3,8H,4-7H2,1H3,(H,15,17). The zero-order valence-corrected chi connectivity index (χ0v) is 11.8. The summed E-state index contributed by atoms with van der Waals surface area (Å²) >= 11 is 5.80. The van der Waals surface area contributed by atoms with Crippen LogP contribution in [0.3, 0.4) is 0 Å². The number of rotatable bonds is 3. The Morgan fingerprint density at radius 2 is 2.10 bits per heavy atom. The molecule has 0 spiro atoms. The fourth-order valence-electron chi connectivity index (χ4n) is 2.09. The lowest BCUT2D eigenvalue weighted by Gasteiger charge is -2.34. The number of nitrogens with one attached hydrogen (secondary N) is 1. The molecule has 0 aromatic heterocycles. The van der Waals surface area contributed by atoms with Crippen LogP contribution in [0.5, 0.6) is 0 Å². The van der Waals surface area contributed by atoms with Crippen LogP contribution < -0.4 is 5.32 Å². The summed E-state index contributed by atoms with van der Waals surface area (Å²) in [5, 5.41) is 13.6. The van der Waals surface area contributed by atoms with Gasteiger partial charge in [0.1, 0.15) is 5.02 Å². The molecule has 0 unspecified atom stereocenters.